The average Bonchev–Trinajstić information content (AvgIpc) is 3.27. The molecule has 1 aromatic heterocycles. The van der Waals surface area contributed by atoms with Gasteiger partial charge >= 0.3 is 0 Å². The Morgan fingerprint density at radius 3 is 3.00 bits per heavy atom. The highest BCUT2D eigenvalue weighted by Crippen LogP contribution is 2.55. The van der Waals surface area contributed by atoms with Crippen LogP contribution in [-0.2, 0) is 9.53 Å². The highest BCUT2D eigenvalue weighted by atomic mass is 19.1. The standard InChI is InChI=1S/C19H27FN4O3/c1-18(2,3)16(25)21-7-11-12-9-24(10-19(12)6-5-14(11)27-19)17-22-8-13(20)15(23-17)26-4/h8,11-12,14H,5-7,9-10H2,1-4H3,(H,21,25)/t11-,12+,14+,19+/m0/s1. The number of hydrogen-bond acceptors (Lipinski definition) is 6. The Morgan fingerprint density at radius 2 is 2.30 bits per heavy atom. The third kappa shape index (κ3) is 3.03. The fourth-order valence-electron chi connectivity index (χ4n) is 4.73. The molecular weight excluding hydrogens is 351 g/mol. The minimum atomic E-state index is -0.571. The molecule has 148 valence electrons. The number of rotatable bonds is 4. The van der Waals surface area contributed by atoms with Gasteiger partial charge in [0.25, 0.3) is 5.88 Å². The Bertz CT molecular complexity index is 753. The topological polar surface area (TPSA) is 76.6 Å². The second-order valence-corrected chi connectivity index (χ2v) is 8.90. The smallest absolute Gasteiger partial charge is 0.255 e. The van der Waals surface area contributed by atoms with Crippen LogP contribution in [0.25, 0.3) is 0 Å². The molecule has 0 saturated carbocycles. The Morgan fingerprint density at radius 1 is 1.52 bits per heavy atom. The van der Waals surface area contributed by atoms with E-state index in [-0.39, 0.29) is 29.4 Å². The number of methoxy groups -OCH3 is 1. The van der Waals surface area contributed by atoms with Crippen molar-refractivity contribution < 1.29 is 18.7 Å². The molecule has 4 rings (SSSR count). The molecule has 27 heavy (non-hydrogen) atoms. The second kappa shape index (κ2) is 6.29. The zero-order valence-corrected chi connectivity index (χ0v) is 16.3. The summed E-state index contributed by atoms with van der Waals surface area (Å²) >= 11 is 0. The average molecular weight is 378 g/mol. The molecule has 8 heteroatoms. The largest absolute Gasteiger partial charge is 0.479 e. The molecule has 1 amide bonds. The number of halogens is 1. The lowest BCUT2D eigenvalue weighted by Crippen LogP contribution is -2.44. The number of nitrogens with zero attached hydrogens (tertiary/aromatic N) is 3. The van der Waals surface area contributed by atoms with Crippen molar-refractivity contribution in [3.05, 3.63) is 12.0 Å². The van der Waals surface area contributed by atoms with E-state index in [0.29, 0.717) is 25.0 Å². The third-order valence-corrected chi connectivity index (χ3v) is 6.14. The van der Waals surface area contributed by atoms with E-state index in [1.165, 1.54) is 7.11 Å². The highest BCUT2D eigenvalue weighted by molar-refractivity contribution is 5.81. The molecular formula is C19H27FN4O3. The predicted octanol–water partition coefficient (Wildman–Crippen LogP) is 1.77. The molecule has 4 atom stereocenters. The summed E-state index contributed by atoms with van der Waals surface area (Å²) < 4.78 is 25.0. The maximum absolute atomic E-state index is 13.6. The number of carbonyl (C=O) groups excluding carboxylic acids is 1. The molecule has 0 aliphatic carbocycles. The lowest BCUT2D eigenvalue weighted by Gasteiger charge is -2.30. The van der Waals surface area contributed by atoms with Crippen molar-refractivity contribution in [1.29, 1.82) is 0 Å². The van der Waals surface area contributed by atoms with Crippen molar-refractivity contribution in [2.75, 3.05) is 31.6 Å². The molecule has 0 unspecified atom stereocenters. The van der Waals surface area contributed by atoms with Gasteiger partial charge in [-0.2, -0.15) is 9.37 Å². The first-order chi connectivity index (χ1) is 12.7. The van der Waals surface area contributed by atoms with Crippen molar-refractivity contribution >= 4 is 11.9 Å². The number of ether oxygens (including phenoxy) is 2. The summed E-state index contributed by atoms with van der Waals surface area (Å²) in [4.78, 5) is 22.7. The van der Waals surface area contributed by atoms with Crippen molar-refractivity contribution in [3.63, 3.8) is 0 Å². The van der Waals surface area contributed by atoms with Crippen molar-refractivity contribution in [2.24, 2.45) is 17.3 Å². The molecule has 4 heterocycles. The van der Waals surface area contributed by atoms with Crippen LogP contribution in [0.15, 0.2) is 6.20 Å². The van der Waals surface area contributed by atoms with Crippen LogP contribution in [0.4, 0.5) is 10.3 Å². The third-order valence-electron chi connectivity index (χ3n) is 6.14. The number of aromatic nitrogens is 2. The van der Waals surface area contributed by atoms with E-state index in [1.54, 1.807) is 0 Å². The summed E-state index contributed by atoms with van der Waals surface area (Å²) in [5.41, 5.74) is -0.622. The van der Waals surface area contributed by atoms with Crippen molar-refractivity contribution in [1.82, 2.24) is 15.3 Å². The van der Waals surface area contributed by atoms with Crippen LogP contribution in [0, 0.1) is 23.1 Å². The number of carbonyl (C=O) groups is 1. The van der Waals surface area contributed by atoms with Gasteiger partial charge in [0.05, 0.1) is 31.6 Å². The molecule has 1 N–H and O–H groups in total. The van der Waals surface area contributed by atoms with Gasteiger partial charge < -0.3 is 19.7 Å². The summed E-state index contributed by atoms with van der Waals surface area (Å²) in [5.74, 6) is 0.475. The summed E-state index contributed by atoms with van der Waals surface area (Å²) in [5, 5.41) is 3.10. The van der Waals surface area contributed by atoms with E-state index < -0.39 is 11.2 Å². The Balaban J connectivity index is 1.50. The van der Waals surface area contributed by atoms with Gasteiger partial charge in [-0.25, -0.2) is 4.98 Å². The van der Waals surface area contributed by atoms with Crippen LogP contribution in [-0.4, -0.2) is 54.3 Å². The van der Waals surface area contributed by atoms with E-state index >= 15 is 0 Å². The van der Waals surface area contributed by atoms with Crippen LogP contribution >= 0.6 is 0 Å². The van der Waals surface area contributed by atoms with Gasteiger partial charge in [-0.1, -0.05) is 20.8 Å². The Kier molecular flexibility index (Phi) is 4.29. The first-order valence-electron chi connectivity index (χ1n) is 9.51. The fourth-order valence-corrected chi connectivity index (χ4v) is 4.73. The summed E-state index contributed by atoms with van der Waals surface area (Å²) in [7, 11) is 1.39. The summed E-state index contributed by atoms with van der Waals surface area (Å²) in [6.07, 6.45) is 3.35. The van der Waals surface area contributed by atoms with Gasteiger partial charge in [0.15, 0.2) is 0 Å². The molecule has 3 aliphatic heterocycles. The van der Waals surface area contributed by atoms with Crippen LogP contribution in [0.3, 0.4) is 0 Å². The minimum absolute atomic E-state index is 0.0474. The Hall–Kier alpha value is -1.96. The highest BCUT2D eigenvalue weighted by Gasteiger charge is 2.63. The lowest BCUT2D eigenvalue weighted by molar-refractivity contribution is -0.128. The van der Waals surface area contributed by atoms with Gasteiger partial charge in [0.2, 0.25) is 17.7 Å². The number of hydrogen-bond donors (Lipinski definition) is 1. The molecule has 2 bridgehead atoms. The van der Waals surface area contributed by atoms with Crippen LogP contribution < -0.4 is 15.0 Å². The predicted molar refractivity (Wildman–Crippen MR) is 97.0 cm³/mol. The maximum Gasteiger partial charge on any atom is 0.255 e. The zero-order chi connectivity index (χ0) is 19.4. The first-order valence-corrected chi connectivity index (χ1v) is 9.51. The second-order valence-electron chi connectivity index (χ2n) is 8.90. The SMILES string of the molecule is COc1nc(N2C[C@@H]3[C@H](CNC(=O)C(C)(C)C)[C@H]4CC[C@]3(C2)O4)ncc1F. The zero-order valence-electron chi connectivity index (χ0n) is 16.3. The molecule has 3 saturated heterocycles. The quantitative estimate of drug-likeness (QED) is 0.861. The van der Waals surface area contributed by atoms with Crippen LogP contribution in [0.1, 0.15) is 33.6 Å². The molecule has 3 aliphatic rings. The summed E-state index contributed by atoms with van der Waals surface area (Å²) in [6.45, 7) is 7.79. The van der Waals surface area contributed by atoms with Crippen LogP contribution in [0.2, 0.25) is 0 Å². The number of fused-ring (bicyclic) bond motifs is 1. The molecule has 1 spiro atoms. The molecule has 7 nitrogen and oxygen atoms in total. The Labute approximate surface area is 158 Å². The van der Waals surface area contributed by atoms with Gasteiger partial charge in [-0.05, 0) is 12.8 Å². The lowest BCUT2D eigenvalue weighted by atomic mass is 9.73. The maximum atomic E-state index is 13.6. The van der Waals surface area contributed by atoms with Gasteiger partial charge in [-0.15, -0.1) is 0 Å². The first kappa shape index (κ1) is 18.4. The summed E-state index contributed by atoms with van der Waals surface area (Å²) in [6, 6.07) is 0. The fraction of sp³-hybridized carbons (Fsp3) is 0.737. The number of nitrogens with one attached hydrogen (secondary N) is 1. The van der Waals surface area contributed by atoms with Gasteiger partial charge in [0.1, 0.15) is 0 Å². The minimum Gasteiger partial charge on any atom is -0.479 e. The molecule has 1 aromatic rings. The molecule has 0 aromatic carbocycles. The van der Waals surface area contributed by atoms with E-state index in [0.717, 1.165) is 25.6 Å². The van der Waals surface area contributed by atoms with E-state index in [9.17, 15) is 9.18 Å². The van der Waals surface area contributed by atoms with Crippen LogP contribution in [0.5, 0.6) is 5.88 Å². The number of amides is 1. The van der Waals surface area contributed by atoms with Crippen molar-refractivity contribution in [3.8, 4) is 5.88 Å². The monoisotopic (exact) mass is 378 g/mol. The van der Waals surface area contributed by atoms with Gasteiger partial charge in [0, 0.05) is 30.3 Å². The van der Waals surface area contributed by atoms with E-state index in [2.05, 4.69) is 15.3 Å². The van der Waals surface area contributed by atoms with Gasteiger partial charge in [-0.3, -0.25) is 4.79 Å². The normalized spacial score (nSPS) is 31.9. The van der Waals surface area contributed by atoms with Crippen molar-refractivity contribution in [2.45, 2.75) is 45.3 Å². The number of anilines is 1. The van der Waals surface area contributed by atoms with E-state index in [1.807, 2.05) is 25.7 Å². The molecule has 3 fully saturated rings. The van der Waals surface area contributed by atoms with E-state index in [4.69, 9.17) is 9.47 Å². The molecule has 0 radical (unpaired) electrons.